The number of fused-ring (bicyclic) bond motifs is 2. The average Bonchev–Trinajstić information content (AvgIpc) is 2.80. The van der Waals surface area contributed by atoms with Crippen LogP contribution in [0.25, 0.3) is 32.7 Å². The number of phenols is 1. The summed E-state index contributed by atoms with van der Waals surface area (Å²) in [5, 5.41) is 18.4. The molecule has 0 fully saturated rings. The zero-order valence-corrected chi connectivity index (χ0v) is 17.8. The highest BCUT2D eigenvalue weighted by Crippen LogP contribution is 2.45. The molecule has 1 nitrogen and oxygen atoms in total. The Morgan fingerprint density at radius 1 is 0.600 bits per heavy atom. The van der Waals surface area contributed by atoms with Crippen molar-refractivity contribution in [2.45, 2.75) is 6.92 Å². The molecule has 0 bridgehead atoms. The van der Waals surface area contributed by atoms with E-state index in [-0.39, 0.29) is 0 Å². The Bertz CT molecular complexity index is 1340. The monoisotopic (exact) mass is 406 g/mol. The number of hydrogen-bond acceptors (Lipinski definition) is 1. The summed E-state index contributed by atoms with van der Waals surface area (Å²) in [5.41, 5.74) is 2.11. The van der Waals surface area contributed by atoms with E-state index in [9.17, 15) is 5.11 Å². The van der Waals surface area contributed by atoms with Crippen LogP contribution >= 0.6 is 7.92 Å². The minimum Gasteiger partial charge on any atom is -0.507 e. The Labute approximate surface area is 178 Å². The van der Waals surface area contributed by atoms with Gasteiger partial charge < -0.3 is 5.11 Å². The molecule has 30 heavy (non-hydrogen) atoms. The van der Waals surface area contributed by atoms with Crippen LogP contribution in [-0.2, 0) is 0 Å². The van der Waals surface area contributed by atoms with Gasteiger partial charge in [-0.25, -0.2) is 0 Å². The van der Waals surface area contributed by atoms with Crippen LogP contribution in [0, 0.1) is 0 Å². The van der Waals surface area contributed by atoms with Gasteiger partial charge in [-0.15, -0.1) is 0 Å². The van der Waals surface area contributed by atoms with Crippen molar-refractivity contribution in [3.05, 3.63) is 103 Å². The molecule has 146 valence electrons. The molecule has 0 saturated carbocycles. The van der Waals surface area contributed by atoms with Crippen molar-refractivity contribution < 1.29 is 5.11 Å². The van der Waals surface area contributed by atoms with Crippen LogP contribution in [-0.4, -0.2) is 11.3 Å². The number of rotatable bonds is 4. The second-order valence-corrected chi connectivity index (χ2v) is 9.93. The zero-order chi connectivity index (χ0) is 20.5. The molecule has 5 aromatic rings. The lowest BCUT2D eigenvalue weighted by atomic mass is 9.93. The SMILES string of the molecule is CCP(c1ccccc1)c1ccc2ccccc2c1-c1c(O)ccc2ccccc12. The first kappa shape index (κ1) is 18.9. The Morgan fingerprint density at radius 3 is 1.83 bits per heavy atom. The van der Waals surface area contributed by atoms with E-state index in [2.05, 4.69) is 97.9 Å². The fourth-order valence-corrected chi connectivity index (χ4v) is 6.64. The summed E-state index contributed by atoms with van der Waals surface area (Å²) in [5.74, 6) is 0.338. The molecule has 0 aliphatic carbocycles. The van der Waals surface area contributed by atoms with Gasteiger partial charge in [-0.05, 0) is 52.3 Å². The van der Waals surface area contributed by atoms with E-state index in [1.807, 2.05) is 12.1 Å². The highest BCUT2D eigenvalue weighted by molar-refractivity contribution is 7.73. The minimum atomic E-state index is -0.545. The van der Waals surface area contributed by atoms with Crippen LogP contribution in [0.1, 0.15) is 6.92 Å². The number of hydrogen-bond donors (Lipinski definition) is 1. The van der Waals surface area contributed by atoms with Gasteiger partial charge in [0.05, 0.1) is 0 Å². The largest absolute Gasteiger partial charge is 0.507 e. The maximum atomic E-state index is 11.1. The topological polar surface area (TPSA) is 20.2 Å². The first-order valence-electron chi connectivity index (χ1n) is 10.3. The first-order valence-corrected chi connectivity index (χ1v) is 11.9. The summed E-state index contributed by atoms with van der Waals surface area (Å²) in [7, 11) is -0.545. The van der Waals surface area contributed by atoms with Crippen molar-refractivity contribution >= 4 is 40.1 Å². The normalized spacial score (nSPS) is 12.3. The van der Waals surface area contributed by atoms with E-state index in [1.54, 1.807) is 0 Å². The maximum absolute atomic E-state index is 11.1. The Morgan fingerprint density at radius 2 is 1.17 bits per heavy atom. The second-order valence-electron chi connectivity index (χ2n) is 7.44. The molecule has 0 saturated heterocycles. The molecule has 5 aromatic carbocycles. The van der Waals surface area contributed by atoms with Gasteiger partial charge in [0.15, 0.2) is 0 Å². The lowest BCUT2D eigenvalue weighted by Crippen LogP contribution is -2.16. The quantitative estimate of drug-likeness (QED) is 0.325. The first-order chi connectivity index (χ1) is 14.8. The molecule has 5 rings (SSSR count). The second kappa shape index (κ2) is 7.94. The molecule has 2 heteroatoms. The van der Waals surface area contributed by atoms with Crippen LogP contribution < -0.4 is 10.6 Å². The fourth-order valence-electron chi connectivity index (χ4n) is 4.37. The maximum Gasteiger partial charge on any atom is 0.124 e. The molecule has 0 aliphatic rings. The van der Waals surface area contributed by atoms with Crippen LogP contribution in [0.3, 0.4) is 0 Å². The van der Waals surface area contributed by atoms with Crippen molar-refractivity contribution in [1.29, 1.82) is 0 Å². The van der Waals surface area contributed by atoms with Gasteiger partial charge >= 0.3 is 0 Å². The molecule has 0 amide bonds. The summed E-state index contributed by atoms with van der Waals surface area (Å²) < 4.78 is 0. The summed E-state index contributed by atoms with van der Waals surface area (Å²) in [6.45, 7) is 2.26. The summed E-state index contributed by atoms with van der Waals surface area (Å²) in [6, 6.07) is 36.0. The molecule has 1 N–H and O–H groups in total. The van der Waals surface area contributed by atoms with Gasteiger partial charge in [0.25, 0.3) is 0 Å². The molecule has 0 aliphatic heterocycles. The minimum absolute atomic E-state index is 0.338. The Balaban J connectivity index is 1.90. The van der Waals surface area contributed by atoms with E-state index >= 15 is 0 Å². The summed E-state index contributed by atoms with van der Waals surface area (Å²) >= 11 is 0. The van der Waals surface area contributed by atoms with E-state index in [0.717, 1.165) is 22.5 Å². The van der Waals surface area contributed by atoms with Gasteiger partial charge in [-0.2, -0.15) is 0 Å². The van der Waals surface area contributed by atoms with Gasteiger partial charge in [-0.3, -0.25) is 0 Å². The van der Waals surface area contributed by atoms with Crippen molar-refractivity contribution in [2.75, 3.05) is 6.16 Å². The third kappa shape index (κ3) is 3.16. The molecule has 1 unspecified atom stereocenters. The Kier molecular flexibility index (Phi) is 4.99. The molecule has 0 heterocycles. The highest BCUT2D eigenvalue weighted by Gasteiger charge is 2.22. The van der Waals surface area contributed by atoms with Crippen molar-refractivity contribution in [2.24, 2.45) is 0 Å². The molecule has 1 atom stereocenters. The zero-order valence-electron chi connectivity index (χ0n) is 16.9. The third-order valence-electron chi connectivity index (χ3n) is 5.74. The van der Waals surface area contributed by atoms with Crippen molar-refractivity contribution in [3.8, 4) is 16.9 Å². The lowest BCUT2D eigenvalue weighted by molar-refractivity contribution is 0.478. The smallest absolute Gasteiger partial charge is 0.124 e. The Hall–Kier alpha value is -3.15. The predicted octanol–water partition coefficient (Wildman–Crippen LogP) is 6.82. The third-order valence-corrected chi connectivity index (χ3v) is 8.25. The molecular formula is C28H23OP. The van der Waals surface area contributed by atoms with Crippen LogP contribution in [0.2, 0.25) is 0 Å². The van der Waals surface area contributed by atoms with E-state index in [0.29, 0.717) is 5.75 Å². The molecular weight excluding hydrogens is 383 g/mol. The van der Waals surface area contributed by atoms with Crippen molar-refractivity contribution in [3.63, 3.8) is 0 Å². The van der Waals surface area contributed by atoms with Crippen LogP contribution in [0.5, 0.6) is 5.75 Å². The van der Waals surface area contributed by atoms with Crippen LogP contribution in [0.4, 0.5) is 0 Å². The molecule has 0 radical (unpaired) electrons. The van der Waals surface area contributed by atoms with Crippen molar-refractivity contribution in [1.82, 2.24) is 0 Å². The number of phenolic OH excluding ortho intramolecular Hbond substituents is 1. The fraction of sp³-hybridized carbons (Fsp3) is 0.0714. The molecule has 0 spiro atoms. The summed E-state index contributed by atoms with van der Waals surface area (Å²) in [4.78, 5) is 0. The van der Waals surface area contributed by atoms with E-state index in [1.165, 1.54) is 26.9 Å². The molecule has 0 aromatic heterocycles. The average molecular weight is 406 g/mol. The predicted molar refractivity (Wildman–Crippen MR) is 132 cm³/mol. The number of benzene rings is 5. The number of aromatic hydroxyl groups is 1. The van der Waals surface area contributed by atoms with Gasteiger partial charge in [0, 0.05) is 11.1 Å². The van der Waals surface area contributed by atoms with Crippen LogP contribution in [0.15, 0.2) is 103 Å². The highest BCUT2D eigenvalue weighted by atomic mass is 31.1. The van der Waals surface area contributed by atoms with Gasteiger partial charge in [0.1, 0.15) is 5.75 Å². The lowest BCUT2D eigenvalue weighted by Gasteiger charge is -2.23. The van der Waals surface area contributed by atoms with Gasteiger partial charge in [-0.1, -0.05) is 104 Å². The van der Waals surface area contributed by atoms with Gasteiger partial charge in [0.2, 0.25) is 0 Å². The van der Waals surface area contributed by atoms with E-state index in [4.69, 9.17) is 0 Å². The standard InChI is InChI=1S/C28H23OP/c1-2-30(22-12-4-3-5-13-22)26-19-17-21-11-7-9-15-24(21)28(26)27-23-14-8-6-10-20(23)16-18-25(27)29/h3-19,29H,2H2,1H3. The summed E-state index contributed by atoms with van der Waals surface area (Å²) in [6.07, 6.45) is 1.05. The van der Waals surface area contributed by atoms with E-state index < -0.39 is 7.92 Å².